The largest absolute Gasteiger partial charge is 0.261 e. The van der Waals surface area contributed by atoms with Crippen LogP contribution in [0.5, 0.6) is 0 Å². The normalized spacial score (nSPS) is 17.3. The van der Waals surface area contributed by atoms with Crippen molar-refractivity contribution in [2.45, 2.75) is 13.3 Å². The van der Waals surface area contributed by atoms with Gasteiger partial charge in [0.25, 0.3) is 0 Å². The standard InChI is InChI=1S/C9H11N/c1-3-9-6-4-5-8(2)7-10-9/h3-5,7H,1,6H2,2H3. The zero-order valence-corrected chi connectivity index (χ0v) is 6.17. The van der Waals surface area contributed by atoms with E-state index in [9.17, 15) is 0 Å². The fourth-order valence-electron chi connectivity index (χ4n) is 0.782. The van der Waals surface area contributed by atoms with Crippen LogP contribution in [0.1, 0.15) is 13.3 Å². The summed E-state index contributed by atoms with van der Waals surface area (Å²) in [5, 5.41) is 0. The summed E-state index contributed by atoms with van der Waals surface area (Å²) in [7, 11) is 0. The molecule has 1 aliphatic rings. The quantitative estimate of drug-likeness (QED) is 0.521. The highest BCUT2D eigenvalue weighted by atomic mass is 14.7. The van der Waals surface area contributed by atoms with Crippen molar-refractivity contribution in [3.8, 4) is 0 Å². The molecule has 0 unspecified atom stereocenters. The van der Waals surface area contributed by atoms with Gasteiger partial charge < -0.3 is 0 Å². The van der Waals surface area contributed by atoms with E-state index in [4.69, 9.17) is 0 Å². The fraction of sp³-hybridized carbons (Fsp3) is 0.222. The first-order valence-corrected chi connectivity index (χ1v) is 3.35. The summed E-state index contributed by atoms with van der Waals surface area (Å²) in [5.74, 6) is 0. The predicted molar refractivity (Wildman–Crippen MR) is 45.1 cm³/mol. The Morgan fingerprint density at radius 2 is 2.50 bits per heavy atom. The molecule has 0 aromatic rings. The van der Waals surface area contributed by atoms with Crippen LogP contribution in [0.25, 0.3) is 0 Å². The Morgan fingerprint density at radius 3 is 3.20 bits per heavy atom. The number of hydrogen-bond donors (Lipinski definition) is 0. The Balaban J connectivity index is 2.83. The van der Waals surface area contributed by atoms with Crippen molar-refractivity contribution in [3.63, 3.8) is 0 Å². The van der Waals surface area contributed by atoms with Gasteiger partial charge in [-0.2, -0.15) is 0 Å². The van der Waals surface area contributed by atoms with Crippen LogP contribution in [-0.2, 0) is 0 Å². The van der Waals surface area contributed by atoms with Crippen LogP contribution < -0.4 is 0 Å². The maximum absolute atomic E-state index is 4.20. The van der Waals surface area contributed by atoms with E-state index in [0.717, 1.165) is 12.1 Å². The van der Waals surface area contributed by atoms with Crippen molar-refractivity contribution in [2.24, 2.45) is 4.99 Å². The van der Waals surface area contributed by atoms with Gasteiger partial charge in [-0.25, -0.2) is 0 Å². The molecule has 0 atom stereocenters. The van der Waals surface area contributed by atoms with Crippen LogP contribution in [0.2, 0.25) is 0 Å². The maximum atomic E-state index is 4.20. The lowest BCUT2D eigenvalue weighted by Crippen LogP contribution is -1.86. The average Bonchev–Trinajstić information content (AvgIpc) is 2.14. The van der Waals surface area contributed by atoms with Gasteiger partial charge in [0, 0.05) is 18.3 Å². The van der Waals surface area contributed by atoms with Crippen LogP contribution in [-0.4, -0.2) is 5.71 Å². The summed E-state index contributed by atoms with van der Waals surface area (Å²) in [5.41, 5.74) is 2.23. The molecule has 0 N–H and O–H groups in total. The predicted octanol–water partition coefficient (Wildman–Crippen LogP) is 2.48. The highest BCUT2D eigenvalue weighted by molar-refractivity contribution is 5.96. The van der Waals surface area contributed by atoms with Crippen molar-refractivity contribution in [2.75, 3.05) is 0 Å². The summed E-state index contributed by atoms with van der Waals surface area (Å²) in [6, 6.07) is 0. The molecule has 0 aromatic carbocycles. The first kappa shape index (κ1) is 7.00. The molecule has 0 radical (unpaired) electrons. The van der Waals surface area contributed by atoms with Crippen LogP contribution in [0.4, 0.5) is 0 Å². The minimum atomic E-state index is 0.900. The van der Waals surface area contributed by atoms with E-state index in [-0.39, 0.29) is 0 Å². The van der Waals surface area contributed by atoms with E-state index in [0.29, 0.717) is 0 Å². The van der Waals surface area contributed by atoms with E-state index in [2.05, 4.69) is 23.7 Å². The Morgan fingerprint density at radius 1 is 1.70 bits per heavy atom. The van der Waals surface area contributed by atoms with Gasteiger partial charge >= 0.3 is 0 Å². The van der Waals surface area contributed by atoms with Gasteiger partial charge in [0.15, 0.2) is 0 Å². The molecular formula is C9H11N. The second-order valence-electron chi connectivity index (χ2n) is 2.30. The first-order chi connectivity index (χ1) is 4.83. The molecule has 10 heavy (non-hydrogen) atoms. The van der Waals surface area contributed by atoms with Crippen molar-refractivity contribution in [1.29, 1.82) is 0 Å². The molecule has 0 amide bonds. The third kappa shape index (κ3) is 1.69. The molecule has 1 heterocycles. The van der Waals surface area contributed by atoms with Crippen LogP contribution in [0, 0.1) is 0 Å². The van der Waals surface area contributed by atoms with Crippen LogP contribution in [0.15, 0.2) is 41.6 Å². The molecule has 52 valence electrons. The highest BCUT2D eigenvalue weighted by Gasteiger charge is 1.91. The summed E-state index contributed by atoms with van der Waals surface area (Å²) < 4.78 is 0. The summed E-state index contributed by atoms with van der Waals surface area (Å²) in [4.78, 5) is 4.20. The molecule has 0 aromatic heterocycles. The minimum Gasteiger partial charge on any atom is -0.261 e. The second-order valence-corrected chi connectivity index (χ2v) is 2.30. The molecule has 1 rings (SSSR count). The second kappa shape index (κ2) is 3.16. The topological polar surface area (TPSA) is 12.4 Å². The Labute approximate surface area is 61.5 Å². The van der Waals surface area contributed by atoms with E-state index < -0.39 is 0 Å². The number of allylic oxidation sites excluding steroid dienone is 4. The molecule has 1 nitrogen and oxygen atoms in total. The zero-order valence-electron chi connectivity index (χ0n) is 6.17. The summed E-state index contributed by atoms with van der Waals surface area (Å²) in [6.07, 6.45) is 8.72. The number of nitrogens with zero attached hydrogens (tertiary/aromatic N) is 1. The van der Waals surface area contributed by atoms with E-state index >= 15 is 0 Å². The van der Waals surface area contributed by atoms with Gasteiger partial charge in [0.1, 0.15) is 0 Å². The molecule has 0 spiro atoms. The van der Waals surface area contributed by atoms with Gasteiger partial charge in [0.05, 0.1) is 0 Å². The SMILES string of the molecule is C=CC1=NC=C(C)C=CC1. The maximum Gasteiger partial charge on any atom is 0.0435 e. The monoisotopic (exact) mass is 133 g/mol. The van der Waals surface area contributed by atoms with E-state index in [1.54, 1.807) is 6.08 Å². The number of rotatable bonds is 1. The zero-order chi connectivity index (χ0) is 7.40. The van der Waals surface area contributed by atoms with Crippen LogP contribution >= 0.6 is 0 Å². The third-order valence-electron chi connectivity index (χ3n) is 1.38. The number of aliphatic imine (C=N–C) groups is 1. The third-order valence-corrected chi connectivity index (χ3v) is 1.38. The molecule has 0 saturated heterocycles. The number of hydrogen-bond acceptors (Lipinski definition) is 1. The van der Waals surface area contributed by atoms with Crippen molar-refractivity contribution < 1.29 is 0 Å². The molecule has 0 aliphatic carbocycles. The van der Waals surface area contributed by atoms with Gasteiger partial charge in [-0.05, 0) is 18.6 Å². The first-order valence-electron chi connectivity index (χ1n) is 3.35. The average molecular weight is 133 g/mol. The van der Waals surface area contributed by atoms with Gasteiger partial charge in [0.2, 0.25) is 0 Å². The van der Waals surface area contributed by atoms with Gasteiger partial charge in [-0.15, -0.1) is 0 Å². The van der Waals surface area contributed by atoms with Gasteiger partial charge in [-0.3, -0.25) is 4.99 Å². The van der Waals surface area contributed by atoms with Crippen molar-refractivity contribution in [3.05, 3.63) is 36.6 Å². The van der Waals surface area contributed by atoms with Crippen molar-refractivity contribution in [1.82, 2.24) is 0 Å². The Bertz CT molecular complexity index is 219. The molecule has 0 saturated carbocycles. The van der Waals surface area contributed by atoms with Crippen LogP contribution in [0.3, 0.4) is 0 Å². The lowest BCUT2D eigenvalue weighted by molar-refractivity contribution is 1.43. The molecule has 0 fully saturated rings. The summed E-state index contributed by atoms with van der Waals surface area (Å²) >= 11 is 0. The minimum absolute atomic E-state index is 0.900. The smallest absolute Gasteiger partial charge is 0.0435 e. The molecule has 1 heteroatoms. The van der Waals surface area contributed by atoms with E-state index in [1.165, 1.54) is 5.57 Å². The highest BCUT2D eigenvalue weighted by Crippen LogP contribution is 2.03. The van der Waals surface area contributed by atoms with E-state index in [1.807, 2.05) is 13.1 Å². The Hall–Kier alpha value is -1.11. The summed E-state index contributed by atoms with van der Waals surface area (Å²) in [6.45, 7) is 5.69. The molecular weight excluding hydrogens is 122 g/mol. The lowest BCUT2D eigenvalue weighted by atomic mass is 10.2. The fourth-order valence-corrected chi connectivity index (χ4v) is 0.782. The van der Waals surface area contributed by atoms with Gasteiger partial charge in [-0.1, -0.05) is 18.7 Å². The molecule has 0 bridgehead atoms. The van der Waals surface area contributed by atoms with Crippen molar-refractivity contribution >= 4 is 5.71 Å². The lowest BCUT2D eigenvalue weighted by Gasteiger charge is -1.88. The Kier molecular flexibility index (Phi) is 2.21. The molecule has 1 aliphatic heterocycles.